The van der Waals surface area contributed by atoms with Crippen molar-refractivity contribution < 1.29 is 13.5 Å². The van der Waals surface area contributed by atoms with Crippen LogP contribution in [0.25, 0.3) is 0 Å². The van der Waals surface area contributed by atoms with Crippen LogP contribution in [-0.2, 0) is 5.92 Å². The molecule has 94 valence electrons. The van der Waals surface area contributed by atoms with Crippen LogP contribution in [0.1, 0.15) is 12.5 Å². The average molecular weight is 249 g/mol. The van der Waals surface area contributed by atoms with E-state index in [1.54, 1.807) is 24.3 Å². The summed E-state index contributed by atoms with van der Waals surface area (Å²) < 4.78 is 31.5. The Kier molecular flexibility index (Phi) is 3.19. The van der Waals surface area contributed by atoms with Crippen LogP contribution in [0.5, 0.6) is 11.5 Å². The molecule has 0 aliphatic heterocycles. The third kappa shape index (κ3) is 2.97. The summed E-state index contributed by atoms with van der Waals surface area (Å²) in [5.74, 6) is -1.72. The van der Waals surface area contributed by atoms with Gasteiger partial charge in [0.05, 0.1) is 0 Å². The lowest BCUT2D eigenvalue weighted by atomic mass is 10.1. The van der Waals surface area contributed by atoms with Crippen molar-refractivity contribution in [1.82, 2.24) is 0 Å². The minimum atomic E-state index is -2.83. The Morgan fingerprint density at radius 3 is 1.78 bits per heavy atom. The highest BCUT2D eigenvalue weighted by Crippen LogP contribution is 2.29. The van der Waals surface area contributed by atoms with Crippen LogP contribution in [0.15, 0.2) is 48.5 Å². The first kappa shape index (κ1) is 12.4. The van der Waals surface area contributed by atoms with Gasteiger partial charge in [0.15, 0.2) is 0 Å². The summed E-state index contributed by atoms with van der Waals surface area (Å²) in [7, 11) is 0. The zero-order valence-electron chi connectivity index (χ0n) is 9.86. The molecule has 2 aromatic rings. The van der Waals surface area contributed by atoms with Gasteiger partial charge in [-0.25, -0.2) is 8.78 Å². The predicted octanol–water partition coefficient (Wildman–Crippen LogP) is 4.17. The van der Waals surface area contributed by atoms with E-state index in [1.807, 2.05) is 0 Å². The Morgan fingerprint density at radius 2 is 1.33 bits per heavy atom. The lowest BCUT2D eigenvalue weighted by molar-refractivity contribution is 0.0174. The van der Waals surface area contributed by atoms with Gasteiger partial charge in [0.25, 0.3) is 5.92 Å². The highest BCUT2D eigenvalue weighted by Gasteiger charge is 2.23. The Labute approximate surface area is 104 Å². The molecule has 4 heteroatoms. The van der Waals surface area contributed by atoms with E-state index in [4.69, 9.17) is 10.5 Å². The number of rotatable bonds is 3. The van der Waals surface area contributed by atoms with Crippen molar-refractivity contribution in [2.24, 2.45) is 0 Å². The summed E-state index contributed by atoms with van der Waals surface area (Å²) in [6.45, 7) is 0.864. The van der Waals surface area contributed by atoms with Gasteiger partial charge in [0.1, 0.15) is 11.5 Å². The van der Waals surface area contributed by atoms with Crippen LogP contribution >= 0.6 is 0 Å². The summed E-state index contributed by atoms with van der Waals surface area (Å²) in [6.07, 6.45) is 0. The number of hydrogen-bond acceptors (Lipinski definition) is 2. The first-order valence-electron chi connectivity index (χ1n) is 5.47. The fraction of sp³-hybridized carbons (Fsp3) is 0.143. The van der Waals surface area contributed by atoms with E-state index < -0.39 is 5.92 Å². The Bertz CT molecular complexity index is 515. The molecule has 0 aromatic heterocycles. The molecule has 0 atom stereocenters. The molecule has 2 nitrogen and oxygen atoms in total. The van der Waals surface area contributed by atoms with Gasteiger partial charge < -0.3 is 10.5 Å². The zero-order chi connectivity index (χ0) is 13.2. The van der Waals surface area contributed by atoms with Gasteiger partial charge in [0, 0.05) is 18.2 Å². The maximum absolute atomic E-state index is 13.0. The molecule has 0 spiro atoms. The number of nitrogens with two attached hydrogens (primary N) is 1. The van der Waals surface area contributed by atoms with E-state index in [1.165, 1.54) is 24.3 Å². The summed E-state index contributed by atoms with van der Waals surface area (Å²) in [4.78, 5) is 0. The van der Waals surface area contributed by atoms with Gasteiger partial charge in [-0.1, -0.05) is 0 Å². The SMILES string of the molecule is CC(F)(F)c1ccc(Oc2ccc(N)cc2)cc1. The van der Waals surface area contributed by atoms with Gasteiger partial charge >= 0.3 is 0 Å². The monoisotopic (exact) mass is 249 g/mol. The summed E-state index contributed by atoms with van der Waals surface area (Å²) in [5, 5.41) is 0. The highest BCUT2D eigenvalue weighted by molar-refractivity contribution is 5.43. The smallest absolute Gasteiger partial charge is 0.270 e. The second kappa shape index (κ2) is 4.64. The quantitative estimate of drug-likeness (QED) is 0.828. The van der Waals surface area contributed by atoms with Gasteiger partial charge in [-0.2, -0.15) is 0 Å². The molecule has 0 fully saturated rings. The molecular formula is C14H13F2NO. The third-order valence-corrected chi connectivity index (χ3v) is 2.48. The van der Waals surface area contributed by atoms with Crippen LogP contribution in [-0.4, -0.2) is 0 Å². The minimum Gasteiger partial charge on any atom is -0.457 e. The van der Waals surface area contributed by atoms with Crippen LogP contribution in [0.4, 0.5) is 14.5 Å². The molecular weight excluding hydrogens is 236 g/mol. The second-order valence-corrected chi connectivity index (χ2v) is 4.08. The number of alkyl halides is 2. The van der Waals surface area contributed by atoms with Gasteiger partial charge in [0.2, 0.25) is 0 Å². The van der Waals surface area contributed by atoms with Crippen molar-refractivity contribution in [1.29, 1.82) is 0 Å². The van der Waals surface area contributed by atoms with Crippen LogP contribution in [0.3, 0.4) is 0 Å². The Balaban J connectivity index is 2.13. The van der Waals surface area contributed by atoms with Crippen molar-refractivity contribution in [3.05, 3.63) is 54.1 Å². The highest BCUT2D eigenvalue weighted by atomic mass is 19.3. The first-order chi connectivity index (χ1) is 8.45. The lowest BCUT2D eigenvalue weighted by Gasteiger charge is -2.11. The molecule has 18 heavy (non-hydrogen) atoms. The largest absolute Gasteiger partial charge is 0.457 e. The molecule has 0 amide bonds. The predicted molar refractivity (Wildman–Crippen MR) is 66.9 cm³/mol. The molecule has 0 heterocycles. The summed E-state index contributed by atoms with van der Waals surface area (Å²) in [5.41, 5.74) is 6.16. The number of benzene rings is 2. The minimum absolute atomic E-state index is 0.0350. The molecule has 0 bridgehead atoms. The van der Waals surface area contributed by atoms with E-state index in [0.717, 1.165) is 6.92 Å². The standard InChI is InChI=1S/C14H13F2NO/c1-14(15,16)10-2-6-12(7-3-10)18-13-8-4-11(17)5-9-13/h2-9H,17H2,1H3. The lowest BCUT2D eigenvalue weighted by Crippen LogP contribution is -2.06. The van der Waals surface area contributed by atoms with Gasteiger partial charge in [-0.15, -0.1) is 0 Å². The molecule has 2 N–H and O–H groups in total. The number of anilines is 1. The summed E-state index contributed by atoms with van der Waals surface area (Å²) in [6, 6.07) is 12.6. The molecule has 0 aliphatic rings. The van der Waals surface area contributed by atoms with Crippen molar-refractivity contribution in [3.63, 3.8) is 0 Å². The molecule has 0 radical (unpaired) electrons. The first-order valence-corrected chi connectivity index (χ1v) is 5.47. The van der Waals surface area contributed by atoms with E-state index >= 15 is 0 Å². The number of hydrogen-bond donors (Lipinski definition) is 1. The van der Waals surface area contributed by atoms with Gasteiger partial charge in [-0.3, -0.25) is 0 Å². The Hall–Kier alpha value is -2.10. The van der Waals surface area contributed by atoms with Gasteiger partial charge in [-0.05, 0) is 48.5 Å². The maximum Gasteiger partial charge on any atom is 0.270 e. The number of halogens is 2. The molecule has 0 saturated heterocycles. The van der Waals surface area contributed by atoms with E-state index in [0.29, 0.717) is 17.2 Å². The normalized spacial score (nSPS) is 11.3. The van der Waals surface area contributed by atoms with E-state index in [-0.39, 0.29) is 5.56 Å². The summed E-state index contributed by atoms with van der Waals surface area (Å²) >= 11 is 0. The number of nitrogen functional groups attached to an aromatic ring is 1. The average Bonchev–Trinajstić information content (AvgIpc) is 2.32. The van der Waals surface area contributed by atoms with Crippen molar-refractivity contribution in [2.45, 2.75) is 12.8 Å². The fourth-order valence-corrected chi connectivity index (χ4v) is 1.49. The van der Waals surface area contributed by atoms with Crippen LogP contribution in [0.2, 0.25) is 0 Å². The molecule has 0 saturated carbocycles. The maximum atomic E-state index is 13.0. The molecule has 2 rings (SSSR count). The van der Waals surface area contributed by atoms with Crippen molar-refractivity contribution >= 4 is 5.69 Å². The van der Waals surface area contributed by atoms with Crippen molar-refractivity contribution in [3.8, 4) is 11.5 Å². The fourth-order valence-electron chi connectivity index (χ4n) is 1.49. The zero-order valence-corrected chi connectivity index (χ0v) is 9.86. The van der Waals surface area contributed by atoms with Crippen LogP contribution in [0, 0.1) is 0 Å². The topological polar surface area (TPSA) is 35.2 Å². The van der Waals surface area contributed by atoms with Crippen LogP contribution < -0.4 is 10.5 Å². The Morgan fingerprint density at radius 1 is 0.889 bits per heavy atom. The second-order valence-electron chi connectivity index (χ2n) is 4.08. The third-order valence-electron chi connectivity index (χ3n) is 2.48. The van der Waals surface area contributed by atoms with E-state index in [9.17, 15) is 8.78 Å². The van der Waals surface area contributed by atoms with E-state index in [2.05, 4.69) is 0 Å². The molecule has 0 unspecified atom stereocenters. The molecule has 0 aliphatic carbocycles. The number of ether oxygens (including phenoxy) is 1. The molecule has 2 aromatic carbocycles. The van der Waals surface area contributed by atoms with Crippen molar-refractivity contribution in [2.75, 3.05) is 5.73 Å².